The van der Waals surface area contributed by atoms with E-state index in [4.69, 9.17) is 5.11 Å². The Bertz CT molecular complexity index is 556. The molecule has 0 unspecified atom stereocenters. The average Bonchev–Trinajstić information content (AvgIpc) is 2.43. The van der Waals surface area contributed by atoms with Crippen molar-refractivity contribution >= 4 is 11.8 Å². The Morgan fingerprint density at radius 3 is 2.67 bits per heavy atom. The van der Waals surface area contributed by atoms with Crippen LogP contribution in [0.3, 0.4) is 0 Å². The number of pyridine rings is 1. The SMILES string of the molecule is CC(C)NC(=O)CN(C)C(=O)c1ccc(C#CCO)cn1. The highest BCUT2D eigenvalue weighted by Gasteiger charge is 2.16. The van der Waals surface area contributed by atoms with Crippen LogP contribution in [-0.4, -0.2) is 53.0 Å². The Hall–Kier alpha value is -2.39. The number of nitrogens with zero attached hydrogens (tertiary/aromatic N) is 2. The monoisotopic (exact) mass is 289 g/mol. The summed E-state index contributed by atoms with van der Waals surface area (Å²) in [4.78, 5) is 29.0. The second-order valence-corrected chi connectivity index (χ2v) is 4.78. The van der Waals surface area contributed by atoms with Crippen LogP contribution in [0.4, 0.5) is 0 Å². The van der Waals surface area contributed by atoms with Crippen LogP contribution in [-0.2, 0) is 4.79 Å². The molecule has 0 spiro atoms. The third-order valence-electron chi connectivity index (χ3n) is 2.47. The summed E-state index contributed by atoms with van der Waals surface area (Å²) in [6, 6.07) is 3.22. The van der Waals surface area contributed by atoms with Crippen LogP contribution < -0.4 is 5.32 Å². The summed E-state index contributed by atoms with van der Waals surface area (Å²) in [5, 5.41) is 11.3. The van der Waals surface area contributed by atoms with Crippen molar-refractivity contribution in [2.24, 2.45) is 0 Å². The van der Waals surface area contributed by atoms with Gasteiger partial charge in [-0.3, -0.25) is 9.59 Å². The van der Waals surface area contributed by atoms with Crippen molar-refractivity contribution in [1.29, 1.82) is 0 Å². The molecule has 0 radical (unpaired) electrons. The fourth-order valence-corrected chi connectivity index (χ4v) is 1.59. The zero-order chi connectivity index (χ0) is 15.8. The van der Waals surface area contributed by atoms with Crippen molar-refractivity contribution < 1.29 is 14.7 Å². The molecule has 0 aromatic carbocycles. The quantitative estimate of drug-likeness (QED) is 0.766. The Labute approximate surface area is 124 Å². The zero-order valence-electron chi connectivity index (χ0n) is 12.4. The maximum absolute atomic E-state index is 12.1. The van der Waals surface area contributed by atoms with E-state index in [1.807, 2.05) is 13.8 Å². The summed E-state index contributed by atoms with van der Waals surface area (Å²) in [6.07, 6.45) is 1.46. The minimum atomic E-state index is -0.337. The van der Waals surface area contributed by atoms with Crippen LogP contribution in [0.2, 0.25) is 0 Å². The van der Waals surface area contributed by atoms with Gasteiger partial charge in [-0.15, -0.1) is 0 Å². The van der Waals surface area contributed by atoms with Crippen LogP contribution >= 0.6 is 0 Å². The molecule has 0 bridgehead atoms. The molecule has 0 saturated heterocycles. The molecule has 6 nitrogen and oxygen atoms in total. The number of aromatic nitrogens is 1. The molecule has 1 rings (SSSR count). The molecule has 112 valence electrons. The summed E-state index contributed by atoms with van der Waals surface area (Å²) in [5.74, 6) is 4.64. The van der Waals surface area contributed by atoms with Gasteiger partial charge in [-0.2, -0.15) is 0 Å². The van der Waals surface area contributed by atoms with Gasteiger partial charge in [0, 0.05) is 24.8 Å². The topological polar surface area (TPSA) is 82.5 Å². The molecular weight excluding hydrogens is 270 g/mol. The molecule has 2 N–H and O–H groups in total. The molecule has 0 aliphatic heterocycles. The summed E-state index contributed by atoms with van der Waals surface area (Å²) < 4.78 is 0. The number of rotatable bonds is 4. The number of nitrogens with one attached hydrogen (secondary N) is 1. The van der Waals surface area contributed by atoms with Gasteiger partial charge < -0.3 is 15.3 Å². The van der Waals surface area contributed by atoms with E-state index in [2.05, 4.69) is 22.1 Å². The van der Waals surface area contributed by atoms with E-state index < -0.39 is 0 Å². The number of likely N-dealkylation sites (N-methyl/N-ethyl adjacent to an activating group) is 1. The van der Waals surface area contributed by atoms with Gasteiger partial charge in [-0.05, 0) is 26.0 Å². The Balaban J connectivity index is 2.67. The third kappa shape index (κ3) is 5.63. The van der Waals surface area contributed by atoms with Crippen molar-refractivity contribution in [2.45, 2.75) is 19.9 Å². The normalized spacial score (nSPS) is 9.76. The summed E-state index contributed by atoms with van der Waals surface area (Å²) in [5.41, 5.74) is 0.852. The zero-order valence-corrected chi connectivity index (χ0v) is 12.4. The van der Waals surface area contributed by atoms with Gasteiger partial charge in [-0.1, -0.05) is 11.8 Å². The highest BCUT2D eigenvalue weighted by atomic mass is 16.2. The van der Waals surface area contributed by atoms with Crippen molar-refractivity contribution in [3.8, 4) is 11.8 Å². The van der Waals surface area contributed by atoms with Crippen LogP contribution in [0, 0.1) is 11.8 Å². The van der Waals surface area contributed by atoms with E-state index >= 15 is 0 Å². The number of aliphatic hydroxyl groups excluding tert-OH is 1. The molecule has 0 aliphatic carbocycles. The molecule has 0 fully saturated rings. The molecular formula is C15H19N3O3. The van der Waals surface area contributed by atoms with Crippen LogP contribution in [0.5, 0.6) is 0 Å². The van der Waals surface area contributed by atoms with Gasteiger partial charge in [0.1, 0.15) is 12.3 Å². The lowest BCUT2D eigenvalue weighted by molar-refractivity contribution is -0.122. The molecule has 0 atom stereocenters. The first-order chi connectivity index (χ1) is 9.93. The van der Waals surface area contributed by atoms with E-state index in [0.29, 0.717) is 5.56 Å². The van der Waals surface area contributed by atoms with E-state index in [1.54, 1.807) is 19.2 Å². The van der Waals surface area contributed by atoms with Crippen LogP contribution in [0.1, 0.15) is 29.9 Å². The maximum Gasteiger partial charge on any atom is 0.272 e. The van der Waals surface area contributed by atoms with Crippen molar-refractivity contribution in [3.63, 3.8) is 0 Å². The maximum atomic E-state index is 12.1. The van der Waals surface area contributed by atoms with Gasteiger partial charge in [-0.25, -0.2) is 4.98 Å². The summed E-state index contributed by atoms with van der Waals surface area (Å²) >= 11 is 0. The lowest BCUT2D eigenvalue weighted by Crippen LogP contribution is -2.41. The molecule has 2 amide bonds. The Kier molecular flexibility index (Phi) is 6.37. The molecule has 0 saturated carbocycles. The highest BCUT2D eigenvalue weighted by molar-refractivity contribution is 5.94. The van der Waals surface area contributed by atoms with Gasteiger partial charge in [0.05, 0.1) is 6.54 Å². The number of carbonyl (C=O) groups is 2. The van der Waals surface area contributed by atoms with E-state index in [1.165, 1.54) is 11.1 Å². The van der Waals surface area contributed by atoms with Crippen molar-refractivity contribution in [1.82, 2.24) is 15.2 Å². The lowest BCUT2D eigenvalue weighted by Gasteiger charge is -2.17. The second-order valence-electron chi connectivity index (χ2n) is 4.78. The molecule has 0 aliphatic rings. The summed E-state index contributed by atoms with van der Waals surface area (Å²) in [6.45, 7) is 3.46. The number of aliphatic hydroxyl groups is 1. The van der Waals surface area contributed by atoms with Crippen molar-refractivity contribution in [2.75, 3.05) is 20.2 Å². The van der Waals surface area contributed by atoms with Gasteiger partial charge >= 0.3 is 0 Å². The predicted octanol–water partition coefficient (Wildman–Crippen LogP) is 0.0220. The molecule has 21 heavy (non-hydrogen) atoms. The van der Waals surface area contributed by atoms with E-state index in [9.17, 15) is 9.59 Å². The van der Waals surface area contributed by atoms with Gasteiger partial charge in [0.25, 0.3) is 5.91 Å². The molecule has 1 aromatic rings. The Morgan fingerprint density at radius 2 is 2.14 bits per heavy atom. The van der Waals surface area contributed by atoms with E-state index in [0.717, 1.165) is 0 Å². The van der Waals surface area contributed by atoms with Crippen LogP contribution in [0.15, 0.2) is 18.3 Å². The Morgan fingerprint density at radius 1 is 1.43 bits per heavy atom. The second kappa shape index (κ2) is 8.02. The fraction of sp³-hybridized carbons (Fsp3) is 0.400. The minimum absolute atomic E-state index is 0.0231. The first-order valence-electron chi connectivity index (χ1n) is 6.54. The third-order valence-corrected chi connectivity index (χ3v) is 2.47. The number of carbonyl (C=O) groups excluding carboxylic acids is 2. The summed E-state index contributed by atoms with van der Waals surface area (Å²) in [7, 11) is 1.55. The fourth-order valence-electron chi connectivity index (χ4n) is 1.59. The first-order valence-corrected chi connectivity index (χ1v) is 6.54. The minimum Gasteiger partial charge on any atom is -0.384 e. The molecule has 1 aromatic heterocycles. The van der Waals surface area contributed by atoms with Gasteiger partial charge in [0.15, 0.2) is 0 Å². The lowest BCUT2D eigenvalue weighted by atomic mass is 10.2. The standard InChI is InChI=1S/C15H19N3O3/c1-11(2)17-14(20)10-18(3)15(21)13-7-6-12(9-16-13)5-4-8-19/h6-7,9,11,19H,8,10H2,1-3H3,(H,17,20). The first kappa shape index (κ1) is 16.7. The average molecular weight is 289 g/mol. The molecule has 1 heterocycles. The van der Waals surface area contributed by atoms with E-state index in [-0.39, 0.29) is 36.7 Å². The number of hydrogen-bond acceptors (Lipinski definition) is 4. The predicted molar refractivity (Wildman–Crippen MR) is 78.4 cm³/mol. The number of amides is 2. The van der Waals surface area contributed by atoms with Crippen LogP contribution in [0.25, 0.3) is 0 Å². The highest BCUT2D eigenvalue weighted by Crippen LogP contribution is 2.02. The van der Waals surface area contributed by atoms with Gasteiger partial charge in [0.2, 0.25) is 5.91 Å². The molecule has 6 heteroatoms. The smallest absolute Gasteiger partial charge is 0.272 e. The number of hydrogen-bond donors (Lipinski definition) is 2. The largest absolute Gasteiger partial charge is 0.384 e. The van der Waals surface area contributed by atoms with Crippen molar-refractivity contribution in [3.05, 3.63) is 29.6 Å².